The van der Waals surface area contributed by atoms with Gasteiger partial charge in [0.1, 0.15) is 17.2 Å². The van der Waals surface area contributed by atoms with Crippen LogP contribution in [0, 0.1) is 53.8 Å². The number of halogens is 8. The maximum atomic E-state index is 15.2. The predicted molar refractivity (Wildman–Crippen MR) is 170 cm³/mol. The van der Waals surface area contributed by atoms with Crippen LogP contribution in [0.5, 0.6) is 11.5 Å². The van der Waals surface area contributed by atoms with Crippen molar-refractivity contribution in [2.45, 2.75) is 35.4 Å². The summed E-state index contributed by atoms with van der Waals surface area (Å²) >= 11 is 20.5. The van der Waals surface area contributed by atoms with Crippen LogP contribution in [0.3, 0.4) is 0 Å². The molecule has 0 aromatic heterocycles. The molecule has 3 fully saturated rings. The molecule has 0 bridgehead atoms. The van der Waals surface area contributed by atoms with Crippen molar-refractivity contribution >= 4 is 69.8 Å². The third-order valence-corrected chi connectivity index (χ3v) is 12.0. The minimum Gasteiger partial charge on any atom is -0.508 e. The van der Waals surface area contributed by atoms with Crippen molar-refractivity contribution in [1.29, 1.82) is 0 Å². The second-order valence-electron chi connectivity index (χ2n) is 12.6. The first-order chi connectivity index (χ1) is 23.5. The molecule has 260 valence electrons. The maximum Gasteiger partial charge on any atom is 0.258 e. The third-order valence-electron chi connectivity index (χ3n) is 10.2. The lowest BCUT2D eigenvalue weighted by Crippen LogP contribution is -2.60. The number of aromatic hydroxyl groups is 1. The minimum absolute atomic E-state index is 0.0792. The summed E-state index contributed by atoms with van der Waals surface area (Å²) in [4.78, 5) is 51.8. The Kier molecular flexibility index (Phi) is 7.82. The molecule has 1 saturated carbocycles. The molecule has 16 heteroatoms. The molecule has 7 rings (SSSR count). The van der Waals surface area contributed by atoms with Crippen molar-refractivity contribution in [3.05, 3.63) is 93.3 Å². The number of carbonyl (C=O) groups excluding carboxylic acids is 4. The zero-order valence-electron chi connectivity index (χ0n) is 25.7. The second-order valence-corrected chi connectivity index (χ2v) is 14.2. The standard InChI is InChI=1S/C34H22Cl3F5N2O6/c1-12-3-4-13(9-19(12)35)43-29(46)16-7-6-15-18(21(16)30(43)47)11-33(36)31(48)44(28-26(41)24(39)23(38)25(40)27(28)42)32(49)34(33,37)22(15)17-10-14(50-2)5-8-20(17)45/h3-6,8-10,16,18,21-22,45H,7,11H2,1-2H3. The van der Waals surface area contributed by atoms with Gasteiger partial charge in [0.05, 0.1) is 24.6 Å². The van der Waals surface area contributed by atoms with E-state index in [1.54, 1.807) is 13.0 Å². The molecule has 50 heavy (non-hydrogen) atoms. The van der Waals surface area contributed by atoms with E-state index >= 15 is 8.78 Å². The number of amides is 4. The van der Waals surface area contributed by atoms with Crippen LogP contribution >= 0.6 is 34.8 Å². The van der Waals surface area contributed by atoms with E-state index < -0.39 is 104 Å². The van der Waals surface area contributed by atoms with Crippen molar-refractivity contribution in [2.75, 3.05) is 16.9 Å². The Labute approximate surface area is 294 Å². The minimum atomic E-state index is -2.79. The third kappa shape index (κ3) is 4.29. The van der Waals surface area contributed by atoms with Crippen molar-refractivity contribution in [2.24, 2.45) is 17.8 Å². The lowest BCUT2D eigenvalue weighted by atomic mass is 9.56. The van der Waals surface area contributed by atoms with Crippen LogP contribution in [0.1, 0.15) is 29.9 Å². The first-order valence-electron chi connectivity index (χ1n) is 15.0. The van der Waals surface area contributed by atoms with Gasteiger partial charge in [0.2, 0.25) is 17.6 Å². The summed E-state index contributed by atoms with van der Waals surface area (Å²) in [5.74, 6) is -22.4. The smallest absolute Gasteiger partial charge is 0.258 e. The Balaban J connectivity index is 1.44. The normalized spacial score (nSPS) is 28.9. The summed E-state index contributed by atoms with van der Waals surface area (Å²) in [5, 5.41) is 11.4. The number of ether oxygens (including phenoxy) is 1. The first kappa shape index (κ1) is 34.3. The highest BCUT2D eigenvalue weighted by Gasteiger charge is 2.77. The van der Waals surface area contributed by atoms with Crippen LogP contribution in [0.2, 0.25) is 5.02 Å². The van der Waals surface area contributed by atoms with Gasteiger partial charge in [-0.15, -0.1) is 23.2 Å². The summed E-state index contributed by atoms with van der Waals surface area (Å²) < 4.78 is 78.6. The molecule has 3 aromatic carbocycles. The Bertz CT molecular complexity index is 2100. The number of methoxy groups -OCH3 is 1. The fourth-order valence-electron chi connectivity index (χ4n) is 7.78. The van der Waals surface area contributed by atoms with Gasteiger partial charge in [-0.25, -0.2) is 31.8 Å². The average molecular weight is 756 g/mol. The number of fused-ring (bicyclic) bond motifs is 4. The average Bonchev–Trinajstić information content (AvgIpc) is 3.43. The summed E-state index contributed by atoms with van der Waals surface area (Å²) in [6.07, 6.45) is 0.750. The summed E-state index contributed by atoms with van der Waals surface area (Å²) in [6.45, 7) is 1.72. The number of alkyl halides is 2. The Morgan fingerprint density at radius 1 is 0.840 bits per heavy atom. The number of phenols is 1. The fourth-order valence-corrected chi connectivity index (χ4v) is 8.88. The number of benzene rings is 3. The summed E-state index contributed by atoms with van der Waals surface area (Å²) in [6, 6.07) is 8.36. The second kappa shape index (κ2) is 11.4. The molecule has 4 aliphatic rings. The van der Waals surface area contributed by atoms with Gasteiger partial charge in [0, 0.05) is 16.5 Å². The molecular weight excluding hydrogens is 734 g/mol. The molecule has 0 radical (unpaired) electrons. The monoisotopic (exact) mass is 754 g/mol. The maximum absolute atomic E-state index is 15.2. The Morgan fingerprint density at radius 2 is 1.48 bits per heavy atom. The fraction of sp³-hybridized carbons (Fsp3) is 0.294. The van der Waals surface area contributed by atoms with E-state index in [2.05, 4.69) is 0 Å². The number of rotatable bonds is 4. The molecule has 2 heterocycles. The van der Waals surface area contributed by atoms with Gasteiger partial charge in [-0.2, -0.15) is 0 Å². The lowest BCUT2D eigenvalue weighted by Gasteiger charge is -2.50. The van der Waals surface area contributed by atoms with Crippen molar-refractivity contribution in [3.8, 4) is 11.5 Å². The van der Waals surface area contributed by atoms with E-state index in [4.69, 9.17) is 39.5 Å². The molecule has 2 aliphatic heterocycles. The lowest BCUT2D eigenvalue weighted by molar-refractivity contribution is -0.125. The summed E-state index contributed by atoms with van der Waals surface area (Å²) in [5.41, 5.74) is -1.05. The molecule has 6 atom stereocenters. The molecule has 8 nitrogen and oxygen atoms in total. The number of hydrogen-bond acceptors (Lipinski definition) is 6. The van der Waals surface area contributed by atoms with E-state index in [-0.39, 0.29) is 38.9 Å². The van der Waals surface area contributed by atoms with Gasteiger partial charge >= 0.3 is 0 Å². The van der Waals surface area contributed by atoms with E-state index in [1.807, 2.05) is 0 Å². The quantitative estimate of drug-likeness (QED) is 0.0783. The molecule has 2 saturated heterocycles. The van der Waals surface area contributed by atoms with Crippen LogP contribution in [-0.2, 0) is 19.2 Å². The Hall–Kier alpha value is -4.20. The van der Waals surface area contributed by atoms with Crippen LogP contribution < -0.4 is 14.5 Å². The molecule has 6 unspecified atom stereocenters. The van der Waals surface area contributed by atoms with Gasteiger partial charge in [-0.1, -0.05) is 29.3 Å². The molecule has 3 aromatic rings. The van der Waals surface area contributed by atoms with Crippen LogP contribution in [0.4, 0.5) is 33.3 Å². The number of hydrogen-bond donors (Lipinski definition) is 1. The van der Waals surface area contributed by atoms with E-state index in [9.17, 15) is 37.5 Å². The number of nitrogens with zero attached hydrogens (tertiary/aromatic N) is 2. The largest absolute Gasteiger partial charge is 0.508 e. The number of phenolic OH excluding ortho intramolecular Hbond substituents is 1. The number of imide groups is 2. The first-order valence-corrected chi connectivity index (χ1v) is 16.1. The predicted octanol–water partition coefficient (Wildman–Crippen LogP) is 6.83. The van der Waals surface area contributed by atoms with Crippen LogP contribution in [0.15, 0.2) is 48.0 Å². The molecule has 0 spiro atoms. The zero-order chi connectivity index (χ0) is 36.4. The SMILES string of the molecule is COc1ccc(O)c(C2C3=CCC4C(=O)N(c5ccc(C)c(Cl)c5)C(=O)C4C3CC3(Cl)C(=O)N(c4c(F)c(F)c(F)c(F)c4F)C(=O)C23Cl)c1. The highest BCUT2D eigenvalue weighted by Crippen LogP contribution is 2.67. The van der Waals surface area contributed by atoms with Gasteiger partial charge < -0.3 is 9.84 Å². The highest BCUT2D eigenvalue weighted by atomic mass is 35.5. The molecular formula is C34H22Cl3F5N2O6. The van der Waals surface area contributed by atoms with Gasteiger partial charge in [0.25, 0.3) is 11.8 Å². The van der Waals surface area contributed by atoms with E-state index in [0.717, 1.165) is 4.90 Å². The van der Waals surface area contributed by atoms with Crippen molar-refractivity contribution in [1.82, 2.24) is 0 Å². The Morgan fingerprint density at radius 3 is 2.10 bits per heavy atom. The van der Waals surface area contributed by atoms with Gasteiger partial charge in [-0.05, 0) is 61.6 Å². The number of allylic oxidation sites excluding steroid dienone is 2. The number of aryl methyl sites for hydroxylation is 1. The number of carbonyl (C=O) groups is 4. The van der Waals surface area contributed by atoms with Gasteiger partial charge in [0.15, 0.2) is 33.0 Å². The van der Waals surface area contributed by atoms with E-state index in [0.29, 0.717) is 5.56 Å². The molecule has 2 aliphatic carbocycles. The molecule has 4 amide bonds. The van der Waals surface area contributed by atoms with Crippen LogP contribution in [-0.4, -0.2) is 45.6 Å². The van der Waals surface area contributed by atoms with Gasteiger partial charge in [-0.3, -0.25) is 19.2 Å². The number of anilines is 2. The van der Waals surface area contributed by atoms with Crippen molar-refractivity contribution < 1.29 is 51.0 Å². The molecule has 1 N–H and O–H groups in total. The topological polar surface area (TPSA) is 104 Å². The highest BCUT2D eigenvalue weighted by molar-refractivity contribution is 6.58. The van der Waals surface area contributed by atoms with Crippen LogP contribution in [0.25, 0.3) is 0 Å². The zero-order valence-corrected chi connectivity index (χ0v) is 27.9. The summed E-state index contributed by atoms with van der Waals surface area (Å²) in [7, 11) is 1.29. The van der Waals surface area contributed by atoms with Crippen molar-refractivity contribution in [3.63, 3.8) is 0 Å². The van der Waals surface area contributed by atoms with E-state index in [1.165, 1.54) is 43.5 Å².